The van der Waals surface area contributed by atoms with Crippen LogP contribution in [0.15, 0.2) is 58.3 Å². The summed E-state index contributed by atoms with van der Waals surface area (Å²) < 4.78 is 11.8. The highest BCUT2D eigenvalue weighted by molar-refractivity contribution is 6.32. The number of fused-ring (bicyclic) bond motifs is 2. The topological polar surface area (TPSA) is 63.0 Å². The van der Waals surface area contributed by atoms with E-state index >= 15 is 0 Å². The van der Waals surface area contributed by atoms with Gasteiger partial charge in [0.05, 0.1) is 17.0 Å². The van der Waals surface area contributed by atoms with Gasteiger partial charge >= 0.3 is 0 Å². The molecule has 178 valence electrons. The Morgan fingerprint density at radius 1 is 1.21 bits per heavy atom. The maximum atomic E-state index is 13.7. The molecule has 0 radical (unpaired) electrons. The van der Waals surface area contributed by atoms with Gasteiger partial charge in [-0.3, -0.25) is 9.59 Å². The molecule has 0 N–H and O–H groups in total. The van der Waals surface area contributed by atoms with Crippen LogP contribution in [-0.4, -0.2) is 48.5 Å². The number of halogens is 1. The van der Waals surface area contributed by atoms with Crippen LogP contribution in [0.4, 0.5) is 0 Å². The van der Waals surface area contributed by atoms with Crippen molar-refractivity contribution >= 4 is 28.5 Å². The second-order valence-electron chi connectivity index (χ2n) is 8.37. The van der Waals surface area contributed by atoms with E-state index in [0.717, 1.165) is 24.2 Å². The maximum absolute atomic E-state index is 13.7. The number of likely N-dealkylation sites (N-methyl/N-ethyl adjacent to an activating group) is 1. The normalized spacial score (nSPS) is 15.3. The number of ether oxygens (including phenoxy) is 1. The lowest BCUT2D eigenvalue weighted by molar-refractivity contribution is 0.0708. The van der Waals surface area contributed by atoms with Gasteiger partial charge in [0.1, 0.15) is 17.9 Å². The first kappa shape index (κ1) is 24.0. The van der Waals surface area contributed by atoms with E-state index in [1.165, 1.54) is 0 Å². The molecule has 34 heavy (non-hydrogen) atoms. The lowest BCUT2D eigenvalue weighted by Crippen LogP contribution is -2.37. The Balaban J connectivity index is 1.87. The molecule has 2 aromatic carbocycles. The molecule has 0 fully saturated rings. The summed E-state index contributed by atoms with van der Waals surface area (Å²) in [7, 11) is 0. The molecular weight excluding hydrogens is 452 g/mol. The van der Waals surface area contributed by atoms with Crippen molar-refractivity contribution in [2.45, 2.75) is 26.8 Å². The molecule has 1 atom stereocenters. The minimum Gasteiger partial charge on any atom is -0.490 e. The molecule has 1 amide bonds. The van der Waals surface area contributed by atoms with E-state index in [4.69, 9.17) is 20.8 Å². The van der Waals surface area contributed by atoms with E-state index in [2.05, 4.69) is 25.3 Å². The molecule has 0 bridgehead atoms. The number of carbonyl (C=O) groups is 1. The first-order chi connectivity index (χ1) is 16.4. The minimum atomic E-state index is -0.578. The third-order valence-electron chi connectivity index (χ3n) is 6.34. The van der Waals surface area contributed by atoms with Gasteiger partial charge in [0.15, 0.2) is 5.43 Å². The van der Waals surface area contributed by atoms with Crippen molar-refractivity contribution in [3.8, 4) is 5.75 Å². The first-order valence-corrected chi connectivity index (χ1v) is 11.9. The summed E-state index contributed by atoms with van der Waals surface area (Å²) in [5.41, 5.74) is 2.05. The lowest BCUT2D eigenvalue weighted by atomic mass is 9.98. The van der Waals surface area contributed by atoms with Crippen LogP contribution < -0.4 is 10.2 Å². The molecule has 7 heteroatoms. The van der Waals surface area contributed by atoms with Crippen LogP contribution in [0.3, 0.4) is 0 Å². The first-order valence-electron chi connectivity index (χ1n) is 11.5. The number of rotatable bonds is 9. The predicted molar refractivity (Wildman–Crippen MR) is 135 cm³/mol. The number of nitrogens with zero attached hydrogens (tertiary/aromatic N) is 2. The van der Waals surface area contributed by atoms with Crippen LogP contribution >= 0.6 is 11.6 Å². The molecule has 4 rings (SSSR count). The molecule has 3 aromatic rings. The molecule has 6 nitrogen and oxygen atoms in total. The highest BCUT2D eigenvalue weighted by atomic mass is 35.5. The highest BCUT2D eigenvalue weighted by Gasteiger charge is 2.42. The van der Waals surface area contributed by atoms with Gasteiger partial charge in [-0.1, -0.05) is 50.2 Å². The molecule has 1 unspecified atom stereocenters. The zero-order valence-corrected chi connectivity index (χ0v) is 20.5. The average Bonchev–Trinajstić information content (AvgIpc) is 3.12. The smallest absolute Gasteiger partial charge is 0.290 e. The van der Waals surface area contributed by atoms with Crippen LogP contribution in [0.2, 0.25) is 5.02 Å². The molecule has 1 aromatic heterocycles. The van der Waals surface area contributed by atoms with Crippen molar-refractivity contribution in [1.82, 2.24) is 9.80 Å². The molecule has 1 aliphatic heterocycles. The highest BCUT2D eigenvalue weighted by Crippen LogP contribution is 2.39. The summed E-state index contributed by atoms with van der Waals surface area (Å²) in [6, 6.07) is 10.2. The van der Waals surface area contributed by atoms with Gasteiger partial charge in [-0.25, -0.2) is 0 Å². The van der Waals surface area contributed by atoms with Crippen LogP contribution in [0.5, 0.6) is 5.75 Å². The van der Waals surface area contributed by atoms with E-state index in [-0.39, 0.29) is 17.1 Å². The fourth-order valence-electron chi connectivity index (χ4n) is 4.44. The van der Waals surface area contributed by atoms with Crippen molar-refractivity contribution in [2.75, 3.05) is 32.8 Å². The second-order valence-corrected chi connectivity index (χ2v) is 8.78. The second kappa shape index (κ2) is 10.0. The fourth-order valence-corrected chi connectivity index (χ4v) is 4.60. The number of aryl methyl sites for hydroxylation is 1. The van der Waals surface area contributed by atoms with E-state index in [0.29, 0.717) is 47.0 Å². The Bertz CT molecular complexity index is 1300. The van der Waals surface area contributed by atoms with Gasteiger partial charge in [-0.15, -0.1) is 0 Å². The van der Waals surface area contributed by atoms with Crippen molar-refractivity contribution in [3.63, 3.8) is 0 Å². The summed E-state index contributed by atoms with van der Waals surface area (Å²) in [6.45, 7) is 13.0. The molecule has 0 spiro atoms. The number of carbonyl (C=O) groups excluding carboxylic acids is 1. The third-order valence-corrected chi connectivity index (χ3v) is 6.75. The van der Waals surface area contributed by atoms with Crippen molar-refractivity contribution in [3.05, 3.63) is 86.7 Å². The number of amides is 1. The van der Waals surface area contributed by atoms with E-state index < -0.39 is 6.04 Å². The Hall–Kier alpha value is -3.09. The Labute approximate surface area is 204 Å². The van der Waals surface area contributed by atoms with Crippen LogP contribution in [-0.2, 0) is 0 Å². The lowest BCUT2D eigenvalue weighted by Gasteiger charge is -2.28. The zero-order valence-electron chi connectivity index (χ0n) is 19.8. The zero-order chi connectivity index (χ0) is 24.4. The van der Waals surface area contributed by atoms with Gasteiger partial charge in [0, 0.05) is 18.1 Å². The summed E-state index contributed by atoms with van der Waals surface area (Å²) in [4.78, 5) is 31.3. The largest absolute Gasteiger partial charge is 0.490 e. The van der Waals surface area contributed by atoms with Crippen LogP contribution in [0.1, 0.15) is 47.1 Å². The van der Waals surface area contributed by atoms with Gasteiger partial charge < -0.3 is 19.0 Å². The molecule has 1 aliphatic rings. The molecule has 0 saturated heterocycles. The Kier molecular flexibility index (Phi) is 7.10. The average molecular weight is 481 g/mol. The van der Waals surface area contributed by atoms with Gasteiger partial charge in [-0.05, 0) is 55.4 Å². The summed E-state index contributed by atoms with van der Waals surface area (Å²) >= 11 is 6.32. The van der Waals surface area contributed by atoms with Gasteiger partial charge in [0.25, 0.3) is 5.91 Å². The number of benzene rings is 2. The monoisotopic (exact) mass is 480 g/mol. The molecule has 0 aliphatic carbocycles. The van der Waals surface area contributed by atoms with Crippen LogP contribution in [0, 0.1) is 6.92 Å². The van der Waals surface area contributed by atoms with Crippen molar-refractivity contribution in [1.29, 1.82) is 0 Å². The van der Waals surface area contributed by atoms with E-state index in [1.807, 2.05) is 31.2 Å². The fraction of sp³-hybridized carbons (Fsp3) is 0.333. The van der Waals surface area contributed by atoms with Gasteiger partial charge in [0.2, 0.25) is 5.76 Å². The molecular formula is C27H29ClN2O4. The van der Waals surface area contributed by atoms with Crippen molar-refractivity contribution in [2.24, 2.45) is 0 Å². The SMILES string of the molecule is C=CCOc1cccc(C2c3c(oc4cc(C)c(Cl)cc4c3=O)C(=O)N2CCN(CC)CC)c1. The third kappa shape index (κ3) is 4.36. The van der Waals surface area contributed by atoms with Gasteiger partial charge in [-0.2, -0.15) is 0 Å². The standard InChI is InChI=1S/C27H29ClN2O4/c1-5-13-33-19-10-8-9-18(15-19)24-23-25(31)20-16-21(28)17(4)14-22(20)34-26(23)27(32)30(24)12-11-29(6-2)7-3/h5,8-10,14-16,24H,1,6-7,11-13H2,2-4H3. The Morgan fingerprint density at radius 3 is 2.68 bits per heavy atom. The van der Waals surface area contributed by atoms with Crippen molar-refractivity contribution < 1.29 is 13.9 Å². The maximum Gasteiger partial charge on any atom is 0.290 e. The summed E-state index contributed by atoms with van der Waals surface area (Å²) in [5, 5.41) is 0.857. The Morgan fingerprint density at radius 2 is 1.97 bits per heavy atom. The quantitative estimate of drug-likeness (QED) is 0.393. The van der Waals surface area contributed by atoms with E-state index in [1.54, 1.807) is 23.1 Å². The summed E-state index contributed by atoms with van der Waals surface area (Å²) in [6.07, 6.45) is 1.67. The number of hydrogen-bond donors (Lipinski definition) is 0. The summed E-state index contributed by atoms with van der Waals surface area (Å²) in [5.74, 6) is 0.461. The predicted octanol–water partition coefficient (Wildman–Crippen LogP) is 5.21. The minimum absolute atomic E-state index is 0.0983. The number of hydrogen-bond acceptors (Lipinski definition) is 5. The molecule has 0 saturated carbocycles. The molecule has 2 heterocycles. The van der Waals surface area contributed by atoms with Crippen LogP contribution in [0.25, 0.3) is 11.0 Å². The van der Waals surface area contributed by atoms with E-state index in [9.17, 15) is 9.59 Å².